The van der Waals surface area contributed by atoms with Crippen LogP contribution in [0.1, 0.15) is 36.1 Å². The number of nitrogens with one attached hydrogen (secondary N) is 1. The molecule has 4 heteroatoms. The first-order chi connectivity index (χ1) is 10.7. The maximum absolute atomic E-state index is 12.2. The highest BCUT2D eigenvalue weighted by Gasteiger charge is 2.36. The van der Waals surface area contributed by atoms with Gasteiger partial charge in [-0.15, -0.1) is 11.3 Å². The second kappa shape index (κ2) is 6.84. The monoisotopic (exact) mass is 333 g/mol. The maximum atomic E-state index is 12.2. The lowest BCUT2D eigenvalue weighted by Gasteiger charge is -2.28. The number of halogens is 1. The van der Waals surface area contributed by atoms with E-state index < -0.39 is 0 Å². The third-order valence-electron chi connectivity index (χ3n) is 4.51. The minimum Gasteiger partial charge on any atom is -0.355 e. The van der Waals surface area contributed by atoms with Gasteiger partial charge >= 0.3 is 0 Å². The predicted octanol–water partition coefficient (Wildman–Crippen LogP) is 4.57. The van der Waals surface area contributed by atoms with E-state index in [2.05, 4.69) is 22.8 Å². The molecular formula is C18H20ClNOS. The van der Waals surface area contributed by atoms with E-state index >= 15 is 0 Å². The smallest absolute Gasteiger partial charge is 0.224 e. The molecule has 0 aliphatic heterocycles. The van der Waals surface area contributed by atoms with Crippen molar-refractivity contribution in [1.29, 1.82) is 0 Å². The Labute approximate surface area is 140 Å². The largest absolute Gasteiger partial charge is 0.355 e. The van der Waals surface area contributed by atoms with Gasteiger partial charge in [-0.1, -0.05) is 42.6 Å². The second-order valence-corrected chi connectivity index (χ2v) is 7.43. The highest BCUT2D eigenvalue weighted by Crippen LogP contribution is 2.42. The molecule has 0 bridgehead atoms. The molecule has 22 heavy (non-hydrogen) atoms. The molecular weight excluding hydrogens is 314 g/mol. The van der Waals surface area contributed by atoms with Crippen LogP contribution in [0, 0.1) is 0 Å². The summed E-state index contributed by atoms with van der Waals surface area (Å²) in [7, 11) is 0. The zero-order valence-corrected chi connectivity index (χ0v) is 14.1. The summed E-state index contributed by atoms with van der Waals surface area (Å²) in [6, 6.07) is 11.8. The van der Waals surface area contributed by atoms with Gasteiger partial charge in [-0.05, 0) is 42.0 Å². The van der Waals surface area contributed by atoms with E-state index in [9.17, 15) is 4.79 Å². The Morgan fingerprint density at radius 1 is 1.18 bits per heavy atom. The van der Waals surface area contributed by atoms with E-state index in [1.807, 2.05) is 35.6 Å². The molecule has 2 nitrogen and oxygen atoms in total. The maximum Gasteiger partial charge on any atom is 0.224 e. The summed E-state index contributed by atoms with van der Waals surface area (Å²) in [5.74, 6) is 0.0881. The first-order valence-corrected chi connectivity index (χ1v) is 8.99. The van der Waals surface area contributed by atoms with Crippen molar-refractivity contribution in [3.05, 3.63) is 57.2 Å². The van der Waals surface area contributed by atoms with Crippen LogP contribution in [0.25, 0.3) is 0 Å². The van der Waals surface area contributed by atoms with Gasteiger partial charge in [-0.2, -0.15) is 0 Å². The van der Waals surface area contributed by atoms with Crippen molar-refractivity contribution in [2.45, 2.75) is 37.5 Å². The molecule has 2 aromatic rings. The third kappa shape index (κ3) is 3.53. The van der Waals surface area contributed by atoms with Crippen molar-refractivity contribution in [2.24, 2.45) is 0 Å². The second-order valence-electron chi connectivity index (χ2n) is 6.04. The SMILES string of the molecule is O=C(Cc1ccc(Cl)cc1)NCC1(c2cccs2)CCCC1. The van der Waals surface area contributed by atoms with E-state index in [1.54, 1.807) is 0 Å². The Bertz CT molecular complexity index is 615. The summed E-state index contributed by atoms with van der Waals surface area (Å²) in [5, 5.41) is 5.98. The molecule has 0 spiro atoms. The van der Waals surface area contributed by atoms with E-state index in [0.717, 1.165) is 12.1 Å². The van der Waals surface area contributed by atoms with Crippen LogP contribution in [0.4, 0.5) is 0 Å². The standard InChI is InChI=1S/C18H20ClNOS/c19-15-7-5-14(6-8-15)12-17(21)20-13-18(9-1-2-10-18)16-4-3-11-22-16/h3-8,11H,1-2,9-10,12-13H2,(H,20,21). The van der Waals surface area contributed by atoms with Crippen molar-refractivity contribution >= 4 is 28.8 Å². The first-order valence-electron chi connectivity index (χ1n) is 7.73. The fraction of sp³-hybridized carbons (Fsp3) is 0.389. The predicted molar refractivity (Wildman–Crippen MR) is 92.6 cm³/mol. The number of hydrogen-bond acceptors (Lipinski definition) is 2. The Morgan fingerprint density at radius 3 is 2.55 bits per heavy atom. The molecule has 0 saturated heterocycles. The van der Waals surface area contributed by atoms with E-state index in [0.29, 0.717) is 11.4 Å². The quantitative estimate of drug-likeness (QED) is 0.853. The van der Waals surface area contributed by atoms with Gasteiger partial charge in [0.25, 0.3) is 0 Å². The summed E-state index contributed by atoms with van der Waals surface area (Å²) >= 11 is 7.68. The lowest BCUT2D eigenvalue weighted by molar-refractivity contribution is -0.120. The highest BCUT2D eigenvalue weighted by atomic mass is 35.5. The highest BCUT2D eigenvalue weighted by molar-refractivity contribution is 7.10. The van der Waals surface area contributed by atoms with Crippen molar-refractivity contribution < 1.29 is 4.79 Å². The van der Waals surface area contributed by atoms with Gasteiger partial charge in [-0.3, -0.25) is 4.79 Å². The number of rotatable bonds is 5. The van der Waals surface area contributed by atoms with Crippen LogP contribution in [0.15, 0.2) is 41.8 Å². The minimum absolute atomic E-state index is 0.0881. The molecule has 0 radical (unpaired) electrons. The fourth-order valence-electron chi connectivity index (χ4n) is 3.26. The topological polar surface area (TPSA) is 29.1 Å². The molecule has 1 N–H and O–H groups in total. The lowest BCUT2D eigenvalue weighted by Crippen LogP contribution is -2.39. The average molecular weight is 334 g/mol. The zero-order valence-electron chi connectivity index (χ0n) is 12.5. The Balaban J connectivity index is 1.60. The number of hydrogen-bond donors (Lipinski definition) is 1. The third-order valence-corrected chi connectivity index (χ3v) is 5.87. The van der Waals surface area contributed by atoms with Crippen LogP contribution in [0.3, 0.4) is 0 Å². The molecule has 1 amide bonds. The molecule has 1 fully saturated rings. The molecule has 1 saturated carbocycles. The minimum atomic E-state index is 0.0881. The van der Waals surface area contributed by atoms with Crippen LogP contribution in [-0.2, 0) is 16.6 Å². The number of thiophene rings is 1. The zero-order chi connectivity index (χ0) is 15.4. The summed E-state index contributed by atoms with van der Waals surface area (Å²) in [4.78, 5) is 13.6. The van der Waals surface area contributed by atoms with Crippen LogP contribution in [-0.4, -0.2) is 12.5 Å². The molecule has 0 unspecified atom stereocenters. The van der Waals surface area contributed by atoms with Gasteiger partial charge in [0.1, 0.15) is 0 Å². The molecule has 1 aliphatic rings. The molecule has 0 atom stereocenters. The van der Waals surface area contributed by atoms with Crippen LogP contribution in [0.5, 0.6) is 0 Å². The molecule has 1 aromatic heterocycles. The molecule has 1 heterocycles. The first kappa shape index (κ1) is 15.6. The van der Waals surface area contributed by atoms with Crippen molar-refractivity contribution in [1.82, 2.24) is 5.32 Å². The average Bonchev–Trinajstić information content (AvgIpc) is 3.19. The Morgan fingerprint density at radius 2 is 1.91 bits per heavy atom. The molecule has 1 aromatic carbocycles. The van der Waals surface area contributed by atoms with Crippen LogP contribution in [0.2, 0.25) is 5.02 Å². The van der Waals surface area contributed by atoms with Gasteiger partial charge in [-0.25, -0.2) is 0 Å². The summed E-state index contributed by atoms with van der Waals surface area (Å²) in [6.45, 7) is 0.750. The van der Waals surface area contributed by atoms with Crippen molar-refractivity contribution in [3.8, 4) is 0 Å². The van der Waals surface area contributed by atoms with Crippen molar-refractivity contribution in [2.75, 3.05) is 6.54 Å². The van der Waals surface area contributed by atoms with Crippen molar-refractivity contribution in [3.63, 3.8) is 0 Å². The number of benzene rings is 1. The summed E-state index contributed by atoms with van der Waals surface area (Å²) in [5.41, 5.74) is 1.16. The number of carbonyl (C=O) groups is 1. The Hall–Kier alpha value is -1.32. The fourth-order valence-corrected chi connectivity index (χ4v) is 4.37. The number of amides is 1. The van der Waals surface area contributed by atoms with Gasteiger partial charge in [0.15, 0.2) is 0 Å². The van der Waals surface area contributed by atoms with E-state index in [-0.39, 0.29) is 11.3 Å². The van der Waals surface area contributed by atoms with E-state index in [1.165, 1.54) is 30.6 Å². The molecule has 116 valence electrons. The normalized spacial score (nSPS) is 16.6. The van der Waals surface area contributed by atoms with Crippen LogP contribution >= 0.6 is 22.9 Å². The van der Waals surface area contributed by atoms with E-state index in [4.69, 9.17) is 11.6 Å². The van der Waals surface area contributed by atoms with Gasteiger partial charge in [0.2, 0.25) is 5.91 Å². The van der Waals surface area contributed by atoms with Gasteiger partial charge in [0.05, 0.1) is 6.42 Å². The summed E-state index contributed by atoms with van der Waals surface area (Å²) < 4.78 is 0. The molecule has 1 aliphatic carbocycles. The van der Waals surface area contributed by atoms with Crippen LogP contribution < -0.4 is 5.32 Å². The van der Waals surface area contributed by atoms with Gasteiger partial charge in [0, 0.05) is 21.9 Å². The Kier molecular flexibility index (Phi) is 4.84. The number of carbonyl (C=O) groups excluding carboxylic acids is 1. The summed E-state index contributed by atoms with van der Waals surface area (Å²) in [6.07, 6.45) is 5.27. The molecule has 3 rings (SSSR count). The lowest BCUT2D eigenvalue weighted by atomic mass is 9.84. The van der Waals surface area contributed by atoms with Gasteiger partial charge < -0.3 is 5.32 Å².